The molecule has 0 aromatic heterocycles. The number of benzene rings is 3. The predicted molar refractivity (Wildman–Crippen MR) is 113 cm³/mol. The number of hydrogen-bond acceptors (Lipinski definition) is 4. The Morgan fingerprint density at radius 3 is 2.17 bits per heavy atom. The lowest BCUT2D eigenvalue weighted by molar-refractivity contribution is 0.102. The number of nitrogens with one attached hydrogen (secondary N) is 2. The van der Waals surface area contributed by atoms with Crippen molar-refractivity contribution < 1.29 is 19.1 Å². The van der Waals surface area contributed by atoms with E-state index in [1.807, 2.05) is 31.2 Å². The van der Waals surface area contributed by atoms with E-state index in [0.29, 0.717) is 34.0 Å². The monoisotopic (exact) mass is 390 g/mol. The van der Waals surface area contributed by atoms with Crippen LogP contribution in [0.1, 0.15) is 26.3 Å². The number of methoxy groups -OCH3 is 2. The smallest absolute Gasteiger partial charge is 0.259 e. The molecule has 0 bridgehead atoms. The van der Waals surface area contributed by atoms with Gasteiger partial charge in [-0.25, -0.2) is 0 Å². The van der Waals surface area contributed by atoms with Crippen molar-refractivity contribution in [2.24, 2.45) is 0 Å². The lowest BCUT2D eigenvalue weighted by atomic mass is 10.1. The summed E-state index contributed by atoms with van der Waals surface area (Å²) in [7, 11) is 2.97. The zero-order valence-electron chi connectivity index (χ0n) is 16.5. The molecule has 0 aliphatic rings. The highest BCUT2D eigenvalue weighted by molar-refractivity contribution is 6.13. The third-order valence-corrected chi connectivity index (χ3v) is 4.34. The van der Waals surface area contributed by atoms with Crippen LogP contribution in [0.4, 0.5) is 11.4 Å². The molecule has 2 amide bonds. The zero-order valence-corrected chi connectivity index (χ0v) is 16.5. The normalized spacial score (nSPS) is 10.2. The van der Waals surface area contributed by atoms with Crippen LogP contribution in [0.3, 0.4) is 0 Å². The van der Waals surface area contributed by atoms with Gasteiger partial charge in [-0.1, -0.05) is 30.3 Å². The van der Waals surface area contributed by atoms with Crippen LogP contribution in [0, 0.1) is 6.92 Å². The molecule has 0 radical (unpaired) electrons. The lowest BCUT2D eigenvalue weighted by Crippen LogP contribution is -2.19. The van der Waals surface area contributed by atoms with E-state index in [0.717, 1.165) is 5.56 Å². The largest absolute Gasteiger partial charge is 0.493 e. The van der Waals surface area contributed by atoms with E-state index in [1.165, 1.54) is 14.2 Å². The van der Waals surface area contributed by atoms with Gasteiger partial charge in [0.1, 0.15) is 0 Å². The topological polar surface area (TPSA) is 76.7 Å². The highest BCUT2D eigenvalue weighted by Crippen LogP contribution is 2.31. The minimum atomic E-state index is -0.406. The number of carbonyl (C=O) groups excluding carboxylic acids is 2. The Hall–Kier alpha value is -3.80. The van der Waals surface area contributed by atoms with Crippen molar-refractivity contribution in [3.63, 3.8) is 0 Å². The molecule has 0 saturated carbocycles. The quantitative estimate of drug-likeness (QED) is 0.649. The van der Waals surface area contributed by atoms with Crippen LogP contribution in [0.2, 0.25) is 0 Å². The first-order valence-electron chi connectivity index (χ1n) is 9.03. The number of amides is 2. The maximum atomic E-state index is 12.9. The van der Waals surface area contributed by atoms with Crippen LogP contribution in [-0.2, 0) is 0 Å². The van der Waals surface area contributed by atoms with Crippen molar-refractivity contribution in [1.82, 2.24) is 0 Å². The second-order valence-electron chi connectivity index (χ2n) is 6.36. The fourth-order valence-electron chi connectivity index (χ4n) is 2.97. The van der Waals surface area contributed by atoms with Gasteiger partial charge in [0.05, 0.1) is 31.0 Å². The van der Waals surface area contributed by atoms with Crippen molar-refractivity contribution in [3.8, 4) is 11.5 Å². The minimum Gasteiger partial charge on any atom is -0.493 e. The third kappa shape index (κ3) is 4.55. The van der Waals surface area contributed by atoms with Crippen LogP contribution in [0.15, 0.2) is 66.7 Å². The summed E-state index contributed by atoms with van der Waals surface area (Å²) in [5, 5.41) is 5.65. The molecule has 29 heavy (non-hydrogen) atoms. The van der Waals surface area contributed by atoms with Crippen LogP contribution >= 0.6 is 0 Å². The van der Waals surface area contributed by atoms with E-state index in [-0.39, 0.29) is 5.91 Å². The molecule has 0 unspecified atom stereocenters. The molecule has 3 aromatic carbocycles. The Bertz CT molecular complexity index is 1050. The second-order valence-corrected chi connectivity index (χ2v) is 6.36. The molecule has 0 aliphatic carbocycles. The molecule has 6 heteroatoms. The SMILES string of the molecule is COc1cccc(C(=O)Nc2ccccc2C(=O)Nc2cccc(C)c2)c1OC. The molecule has 0 heterocycles. The molecule has 3 aromatic rings. The van der Waals surface area contributed by atoms with Crippen LogP contribution < -0.4 is 20.1 Å². The molecule has 6 nitrogen and oxygen atoms in total. The van der Waals surface area contributed by atoms with Gasteiger partial charge in [-0.2, -0.15) is 0 Å². The summed E-state index contributed by atoms with van der Waals surface area (Å²) in [5.74, 6) is 0.0560. The first-order valence-corrected chi connectivity index (χ1v) is 9.03. The van der Waals surface area contributed by atoms with Gasteiger partial charge in [0, 0.05) is 5.69 Å². The highest BCUT2D eigenvalue weighted by Gasteiger charge is 2.19. The first-order chi connectivity index (χ1) is 14.0. The van der Waals surface area contributed by atoms with E-state index in [9.17, 15) is 9.59 Å². The molecule has 148 valence electrons. The van der Waals surface area contributed by atoms with Gasteiger partial charge in [-0.3, -0.25) is 9.59 Å². The van der Waals surface area contributed by atoms with E-state index in [2.05, 4.69) is 10.6 Å². The summed E-state index contributed by atoms with van der Waals surface area (Å²) >= 11 is 0. The summed E-state index contributed by atoms with van der Waals surface area (Å²) in [6, 6.07) is 19.4. The standard InChI is InChI=1S/C23H22N2O4/c1-15-8-6-9-16(14-15)24-22(26)17-10-4-5-12-19(17)25-23(27)18-11-7-13-20(28-2)21(18)29-3/h4-14H,1-3H3,(H,24,26)(H,25,27). The summed E-state index contributed by atoms with van der Waals surface area (Å²) in [4.78, 5) is 25.6. The number of anilines is 2. The van der Waals surface area contributed by atoms with Crippen LogP contribution in [-0.4, -0.2) is 26.0 Å². The maximum Gasteiger partial charge on any atom is 0.259 e. The second kappa shape index (κ2) is 8.93. The highest BCUT2D eigenvalue weighted by atomic mass is 16.5. The molecular weight excluding hydrogens is 368 g/mol. The molecule has 0 fully saturated rings. The average Bonchev–Trinajstić information content (AvgIpc) is 2.73. The fourth-order valence-corrected chi connectivity index (χ4v) is 2.97. The van der Waals surface area contributed by atoms with Gasteiger partial charge in [0.25, 0.3) is 11.8 Å². The first kappa shape index (κ1) is 19.9. The summed E-state index contributed by atoms with van der Waals surface area (Å²) in [6.45, 7) is 1.95. The molecular formula is C23H22N2O4. The molecule has 0 saturated heterocycles. The fraction of sp³-hybridized carbons (Fsp3) is 0.130. The number of hydrogen-bond donors (Lipinski definition) is 2. The number of aryl methyl sites for hydroxylation is 1. The Balaban J connectivity index is 1.86. The van der Waals surface area contributed by atoms with Gasteiger partial charge in [0.15, 0.2) is 11.5 Å². The number of carbonyl (C=O) groups is 2. The molecule has 3 rings (SSSR count). The average molecular weight is 390 g/mol. The number of para-hydroxylation sites is 2. The summed E-state index contributed by atoms with van der Waals surface area (Å²) in [5.41, 5.74) is 2.78. The predicted octanol–water partition coefficient (Wildman–Crippen LogP) is 4.52. The minimum absolute atomic E-state index is 0.306. The molecule has 0 spiro atoms. The zero-order chi connectivity index (χ0) is 20.8. The van der Waals surface area contributed by atoms with Crippen molar-refractivity contribution in [2.75, 3.05) is 24.9 Å². The van der Waals surface area contributed by atoms with Gasteiger partial charge in [-0.15, -0.1) is 0 Å². The van der Waals surface area contributed by atoms with Gasteiger partial charge < -0.3 is 20.1 Å². The summed E-state index contributed by atoms with van der Waals surface area (Å²) < 4.78 is 10.6. The van der Waals surface area contributed by atoms with Gasteiger partial charge in [0.2, 0.25) is 0 Å². The van der Waals surface area contributed by atoms with E-state index >= 15 is 0 Å². The van der Waals surface area contributed by atoms with E-state index in [1.54, 1.807) is 42.5 Å². The maximum absolute atomic E-state index is 12.9. The molecule has 2 N–H and O–H groups in total. The van der Waals surface area contributed by atoms with E-state index in [4.69, 9.17) is 9.47 Å². The molecule has 0 atom stereocenters. The number of ether oxygens (including phenoxy) is 2. The van der Waals surface area contributed by atoms with E-state index < -0.39 is 5.91 Å². The van der Waals surface area contributed by atoms with Gasteiger partial charge >= 0.3 is 0 Å². The van der Waals surface area contributed by atoms with Crippen molar-refractivity contribution in [1.29, 1.82) is 0 Å². The van der Waals surface area contributed by atoms with Gasteiger partial charge in [-0.05, 0) is 48.9 Å². The Kier molecular flexibility index (Phi) is 6.14. The lowest BCUT2D eigenvalue weighted by Gasteiger charge is -2.14. The van der Waals surface area contributed by atoms with Crippen molar-refractivity contribution in [2.45, 2.75) is 6.92 Å². The van der Waals surface area contributed by atoms with Crippen LogP contribution in [0.25, 0.3) is 0 Å². The Morgan fingerprint density at radius 2 is 1.45 bits per heavy atom. The number of rotatable bonds is 6. The Labute approximate surface area is 169 Å². The molecule has 0 aliphatic heterocycles. The third-order valence-electron chi connectivity index (χ3n) is 4.34. The van der Waals surface area contributed by atoms with Crippen LogP contribution in [0.5, 0.6) is 11.5 Å². The van der Waals surface area contributed by atoms with Crippen molar-refractivity contribution in [3.05, 3.63) is 83.4 Å². The summed E-state index contributed by atoms with van der Waals surface area (Å²) in [6.07, 6.45) is 0. The Morgan fingerprint density at radius 1 is 0.759 bits per heavy atom. The van der Waals surface area contributed by atoms with Crippen molar-refractivity contribution >= 4 is 23.2 Å².